The van der Waals surface area contributed by atoms with Crippen molar-refractivity contribution in [3.63, 3.8) is 0 Å². The van der Waals surface area contributed by atoms with Crippen LogP contribution in [0.5, 0.6) is 0 Å². The van der Waals surface area contributed by atoms with Crippen LogP contribution in [0.2, 0.25) is 0 Å². The van der Waals surface area contributed by atoms with Crippen molar-refractivity contribution in [2.24, 2.45) is 5.84 Å². The summed E-state index contributed by atoms with van der Waals surface area (Å²) in [6.45, 7) is 2.53. The van der Waals surface area contributed by atoms with Gasteiger partial charge in [-0.2, -0.15) is 13.2 Å². The van der Waals surface area contributed by atoms with Crippen LogP contribution < -0.4 is 16.2 Å². The minimum absolute atomic E-state index is 0.0967. The minimum Gasteiger partial charge on any atom is -0.344 e. The van der Waals surface area contributed by atoms with E-state index < -0.39 is 12.7 Å². The summed E-state index contributed by atoms with van der Waals surface area (Å²) in [4.78, 5) is 9.75. The second-order valence-corrected chi connectivity index (χ2v) is 4.91. The molecule has 0 atom stereocenters. The Kier molecular flexibility index (Phi) is 4.03. The molecule has 0 spiro atoms. The Morgan fingerprint density at radius 3 is 2.45 bits per heavy atom. The molecule has 1 heterocycles. The van der Waals surface area contributed by atoms with Crippen LogP contribution in [0.15, 0.2) is 0 Å². The topological polar surface area (TPSA) is 67.1 Å². The van der Waals surface area contributed by atoms with Crippen molar-refractivity contribution in [3.8, 4) is 0 Å². The fraction of sp³-hybridized carbons (Fsp3) is 0.667. The first kappa shape index (κ1) is 14.8. The Morgan fingerprint density at radius 1 is 1.35 bits per heavy atom. The maximum Gasteiger partial charge on any atom is 0.405 e. The molecule has 1 fully saturated rings. The predicted octanol–water partition coefficient (Wildman–Crippen LogP) is 2.16. The van der Waals surface area contributed by atoms with E-state index >= 15 is 0 Å². The van der Waals surface area contributed by atoms with Gasteiger partial charge in [-0.15, -0.1) is 0 Å². The molecule has 3 N–H and O–H groups in total. The van der Waals surface area contributed by atoms with Crippen LogP contribution >= 0.6 is 0 Å². The molecular formula is C12H18F3N5. The minimum atomic E-state index is -4.26. The molecule has 20 heavy (non-hydrogen) atoms. The Morgan fingerprint density at radius 2 is 2.00 bits per heavy atom. The zero-order valence-corrected chi connectivity index (χ0v) is 11.5. The zero-order valence-electron chi connectivity index (χ0n) is 11.5. The highest BCUT2D eigenvalue weighted by molar-refractivity contribution is 5.59. The number of aryl methyl sites for hydroxylation is 1. The Hall–Kier alpha value is -1.57. The van der Waals surface area contributed by atoms with Gasteiger partial charge in [0, 0.05) is 18.0 Å². The van der Waals surface area contributed by atoms with E-state index in [4.69, 9.17) is 5.84 Å². The summed E-state index contributed by atoms with van der Waals surface area (Å²) in [6.07, 6.45) is -2.21. The molecule has 0 bridgehead atoms. The monoisotopic (exact) mass is 289 g/mol. The lowest BCUT2D eigenvalue weighted by Gasteiger charge is -2.27. The van der Waals surface area contributed by atoms with E-state index in [-0.39, 0.29) is 6.04 Å². The molecule has 2 rings (SSSR count). The summed E-state index contributed by atoms with van der Waals surface area (Å²) in [5, 5.41) is 0. The summed E-state index contributed by atoms with van der Waals surface area (Å²) in [7, 11) is 0. The molecule has 112 valence electrons. The molecule has 1 aliphatic rings. The third kappa shape index (κ3) is 3.30. The Labute approximate surface area is 115 Å². The van der Waals surface area contributed by atoms with E-state index in [0.29, 0.717) is 29.4 Å². The number of aromatic nitrogens is 2. The van der Waals surface area contributed by atoms with Gasteiger partial charge < -0.3 is 10.3 Å². The van der Waals surface area contributed by atoms with Crippen LogP contribution in [0.3, 0.4) is 0 Å². The first-order chi connectivity index (χ1) is 9.35. The average molecular weight is 289 g/mol. The number of hydrazine groups is 1. The molecule has 8 heteroatoms. The number of anilines is 2. The first-order valence-electron chi connectivity index (χ1n) is 6.53. The quantitative estimate of drug-likeness (QED) is 0.642. The number of rotatable bonds is 5. The molecule has 1 aliphatic carbocycles. The molecule has 1 aromatic heterocycles. The van der Waals surface area contributed by atoms with Gasteiger partial charge >= 0.3 is 6.18 Å². The fourth-order valence-corrected chi connectivity index (χ4v) is 2.08. The number of nitrogens with one attached hydrogen (secondary N) is 1. The van der Waals surface area contributed by atoms with Crippen LogP contribution in [-0.4, -0.2) is 28.7 Å². The van der Waals surface area contributed by atoms with Gasteiger partial charge in [-0.3, -0.25) is 0 Å². The average Bonchev–Trinajstić information content (AvgIpc) is 3.20. The number of alkyl halides is 3. The van der Waals surface area contributed by atoms with Gasteiger partial charge in [0.1, 0.15) is 24.0 Å². The van der Waals surface area contributed by atoms with Crippen LogP contribution in [0.4, 0.5) is 24.8 Å². The molecule has 0 aliphatic heterocycles. The predicted molar refractivity (Wildman–Crippen MR) is 70.4 cm³/mol. The van der Waals surface area contributed by atoms with Gasteiger partial charge in [0.25, 0.3) is 0 Å². The highest BCUT2D eigenvalue weighted by Gasteiger charge is 2.39. The largest absolute Gasteiger partial charge is 0.405 e. The zero-order chi connectivity index (χ0) is 14.9. The SMILES string of the molecule is CCc1nc(NN)c(C)c(N(CC(F)(F)F)C2CC2)n1. The summed E-state index contributed by atoms with van der Waals surface area (Å²) < 4.78 is 38.3. The van der Waals surface area contributed by atoms with Crippen molar-refractivity contribution in [2.75, 3.05) is 16.9 Å². The van der Waals surface area contributed by atoms with Crippen molar-refractivity contribution in [1.29, 1.82) is 0 Å². The molecule has 0 saturated heterocycles. The van der Waals surface area contributed by atoms with Gasteiger partial charge in [-0.05, 0) is 19.8 Å². The maximum absolute atomic E-state index is 12.8. The van der Waals surface area contributed by atoms with E-state index in [1.54, 1.807) is 6.92 Å². The first-order valence-corrected chi connectivity index (χ1v) is 6.53. The summed E-state index contributed by atoms with van der Waals surface area (Å²) in [6, 6.07) is -0.0967. The normalized spacial score (nSPS) is 15.3. The van der Waals surface area contributed by atoms with E-state index in [1.165, 1.54) is 4.90 Å². The molecule has 5 nitrogen and oxygen atoms in total. The smallest absolute Gasteiger partial charge is 0.344 e. The molecule has 1 aromatic rings. The molecular weight excluding hydrogens is 271 g/mol. The van der Waals surface area contributed by atoms with Crippen molar-refractivity contribution in [3.05, 3.63) is 11.4 Å². The molecule has 0 radical (unpaired) electrons. The van der Waals surface area contributed by atoms with E-state index in [1.807, 2.05) is 6.92 Å². The fourth-order valence-electron chi connectivity index (χ4n) is 2.08. The van der Waals surface area contributed by atoms with E-state index in [2.05, 4.69) is 15.4 Å². The van der Waals surface area contributed by atoms with E-state index in [9.17, 15) is 13.2 Å². The van der Waals surface area contributed by atoms with Crippen molar-refractivity contribution in [1.82, 2.24) is 9.97 Å². The molecule has 0 amide bonds. The Balaban J connectivity index is 2.41. The van der Waals surface area contributed by atoms with Gasteiger partial charge in [0.2, 0.25) is 0 Å². The second kappa shape index (κ2) is 5.43. The summed E-state index contributed by atoms with van der Waals surface area (Å²) in [5.41, 5.74) is 2.97. The Bertz CT molecular complexity index is 485. The van der Waals surface area contributed by atoms with Crippen molar-refractivity contribution >= 4 is 11.6 Å². The third-order valence-corrected chi connectivity index (χ3v) is 3.23. The molecule has 0 unspecified atom stereocenters. The van der Waals surface area contributed by atoms with Crippen LogP contribution in [0, 0.1) is 6.92 Å². The summed E-state index contributed by atoms with van der Waals surface area (Å²) >= 11 is 0. The number of nitrogens with zero attached hydrogens (tertiary/aromatic N) is 3. The standard InChI is InChI=1S/C12H18F3N5/c1-3-9-17-10(19-16)7(2)11(18-9)20(8-4-5-8)6-12(13,14)15/h8H,3-6,16H2,1-2H3,(H,17,18,19). The van der Waals surface area contributed by atoms with Gasteiger partial charge in [-0.25, -0.2) is 15.8 Å². The number of nitrogens with two attached hydrogens (primary N) is 1. The van der Waals surface area contributed by atoms with Crippen molar-refractivity contribution in [2.45, 2.75) is 45.3 Å². The molecule has 0 aromatic carbocycles. The van der Waals surface area contributed by atoms with Gasteiger partial charge in [0.05, 0.1) is 0 Å². The van der Waals surface area contributed by atoms with Gasteiger partial charge in [0.15, 0.2) is 0 Å². The lowest BCUT2D eigenvalue weighted by atomic mass is 10.2. The number of halogens is 3. The highest BCUT2D eigenvalue weighted by atomic mass is 19.4. The van der Waals surface area contributed by atoms with Crippen LogP contribution in [-0.2, 0) is 6.42 Å². The highest BCUT2D eigenvalue weighted by Crippen LogP contribution is 2.36. The lowest BCUT2D eigenvalue weighted by molar-refractivity contribution is -0.120. The van der Waals surface area contributed by atoms with E-state index in [0.717, 1.165) is 12.8 Å². The number of nitrogen functional groups attached to an aromatic ring is 1. The maximum atomic E-state index is 12.8. The number of hydrogen-bond acceptors (Lipinski definition) is 5. The van der Waals surface area contributed by atoms with Gasteiger partial charge in [-0.1, -0.05) is 6.92 Å². The van der Waals surface area contributed by atoms with Crippen molar-refractivity contribution < 1.29 is 13.2 Å². The van der Waals surface area contributed by atoms with Crippen LogP contribution in [0.1, 0.15) is 31.2 Å². The second-order valence-electron chi connectivity index (χ2n) is 4.91. The number of hydrogen-bond donors (Lipinski definition) is 2. The lowest BCUT2D eigenvalue weighted by Crippen LogP contribution is -2.37. The molecule has 1 saturated carbocycles. The summed E-state index contributed by atoms with van der Waals surface area (Å²) in [5.74, 6) is 6.56. The third-order valence-electron chi connectivity index (χ3n) is 3.23. The van der Waals surface area contributed by atoms with Crippen LogP contribution in [0.25, 0.3) is 0 Å².